The normalized spacial score (nSPS) is 14.1. The molecule has 0 bridgehead atoms. The molecule has 140 valence electrons. The number of amides is 3. The SMILES string of the molecule is CC(NC(=O)c1ccc2c(c1)C(=O)N(Cc1ccccc1)C2=O)c1cccs1. The van der Waals surface area contributed by atoms with Crippen molar-refractivity contribution in [3.63, 3.8) is 0 Å². The maximum absolute atomic E-state index is 12.8. The highest BCUT2D eigenvalue weighted by Gasteiger charge is 2.36. The molecule has 0 saturated heterocycles. The minimum atomic E-state index is -0.371. The van der Waals surface area contributed by atoms with Gasteiger partial charge in [0.2, 0.25) is 0 Å². The number of imide groups is 1. The lowest BCUT2D eigenvalue weighted by atomic mass is 10.0. The molecule has 1 aliphatic rings. The Morgan fingerprint density at radius 3 is 2.46 bits per heavy atom. The van der Waals surface area contributed by atoms with Gasteiger partial charge in [0.15, 0.2) is 0 Å². The summed E-state index contributed by atoms with van der Waals surface area (Å²) in [5.41, 5.74) is 1.85. The van der Waals surface area contributed by atoms with Crippen molar-refractivity contribution in [3.8, 4) is 0 Å². The minimum Gasteiger partial charge on any atom is -0.345 e. The quantitative estimate of drug-likeness (QED) is 0.669. The summed E-state index contributed by atoms with van der Waals surface area (Å²) in [7, 11) is 0. The molecule has 2 aromatic carbocycles. The van der Waals surface area contributed by atoms with Gasteiger partial charge in [-0.1, -0.05) is 36.4 Å². The summed E-state index contributed by atoms with van der Waals surface area (Å²) in [5, 5.41) is 4.89. The van der Waals surface area contributed by atoms with Gasteiger partial charge in [0, 0.05) is 10.4 Å². The van der Waals surface area contributed by atoms with Crippen LogP contribution in [0.1, 0.15) is 54.5 Å². The zero-order valence-corrected chi connectivity index (χ0v) is 16.0. The second kappa shape index (κ2) is 7.40. The Bertz CT molecular complexity index is 1040. The van der Waals surface area contributed by atoms with Gasteiger partial charge in [-0.25, -0.2) is 0 Å². The van der Waals surface area contributed by atoms with Crippen LogP contribution in [0.25, 0.3) is 0 Å². The molecule has 28 heavy (non-hydrogen) atoms. The monoisotopic (exact) mass is 390 g/mol. The fraction of sp³-hybridized carbons (Fsp3) is 0.136. The van der Waals surface area contributed by atoms with Gasteiger partial charge in [-0.3, -0.25) is 19.3 Å². The molecule has 1 aromatic heterocycles. The second-order valence-corrected chi connectivity index (χ2v) is 7.63. The molecule has 0 spiro atoms. The summed E-state index contributed by atoms with van der Waals surface area (Å²) in [6.07, 6.45) is 0. The highest BCUT2D eigenvalue weighted by Crippen LogP contribution is 2.26. The maximum Gasteiger partial charge on any atom is 0.261 e. The molecule has 1 aliphatic heterocycles. The van der Waals surface area contributed by atoms with Gasteiger partial charge in [0.05, 0.1) is 23.7 Å². The third-order valence-electron chi connectivity index (χ3n) is 4.73. The van der Waals surface area contributed by atoms with Crippen LogP contribution in [0.15, 0.2) is 66.0 Å². The number of nitrogens with zero attached hydrogens (tertiary/aromatic N) is 1. The number of benzene rings is 2. The summed E-state index contributed by atoms with van der Waals surface area (Å²) in [5.74, 6) is -0.974. The molecule has 0 aliphatic carbocycles. The van der Waals surface area contributed by atoms with Crippen LogP contribution in [0.3, 0.4) is 0 Å². The number of hydrogen-bond donors (Lipinski definition) is 1. The summed E-state index contributed by atoms with van der Waals surface area (Å²) in [4.78, 5) is 40.3. The first kappa shape index (κ1) is 18.1. The number of rotatable bonds is 5. The average molecular weight is 390 g/mol. The van der Waals surface area contributed by atoms with Crippen molar-refractivity contribution in [3.05, 3.63) is 93.2 Å². The topological polar surface area (TPSA) is 66.5 Å². The van der Waals surface area contributed by atoms with Gasteiger partial charge in [0.25, 0.3) is 17.7 Å². The fourth-order valence-electron chi connectivity index (χ4n) is 3.23. The molecule has 5 nitrogen and oxygen atoms in total. The van der Waals surface area contributed by atoms with Gasteiger partial charge in [-0.05, 0) is 42.1 Å². The number of thiophene rings is 1. The van der Waals surface area contributed by atoms with Gasteiger partial charge in [-0.2, -0.15) is 0 Å². The lowest BCUT2D eigenvalue weighted by molar-refractivity contribution is 0.0642. The molecule has 4 rings (SSSR count). The summed E-state index contributed by atoms with van der Waals surface area (Å²) in [6.45, 7) is 2.12. The van der Waals surface area contributed by atoms with E-state index in [1.54, 1.807) is 23.5 Å². The van der Waals surface area contributed by atoms with E-state index >= 15 is 0 Å². The van der Waals surface area contributed by atoms with E-state index in [0.717, 1.165) is 10.4 Å². The molecule has 6 heteroatoms. The van der Waals surface area contributed by atoms with Crippen LogP contribution >= 0.6 is 11.3 Å². The lowest BCUT2D eigenvalue weighted by Crippen LogP contribution is -2.29. The molecule has 0 fully saturated rings. The Morgan fingerprint density at radius 1 is 1.00 bits per heavy atom. The molecule has 3 amide bonds. The first-order valence-corrected chi connectivity index (χ1v) is 9.81. The van der Waals surface area contributed by atoms with Crippen molar-refractivity contribution in [2.24, 2.45) is 0 Å². The Hall–Kier alpha value is -3.25. The van der Waals surface area contributed by atoms with E-state index in [0.29, 0.717) is 11.1 Å². The smallest absolute Gasteiger partial charge is 0.261 e. The van der Waals surface area contributed by atoms with E-state index < -0.39 is 0 Å². The van der Waals surface area contributed by atoms with E-state index in [2.05, 4.69) is 5.32 Å². The van der Waals surface area contributed by atoms with Crippen LogP contribution in [0, 0.1) is 0 Å². The molecule has 1 N–H and O–H groups in total. The summed E-state index contributed by atoms with van der Waals surface area (Å²) < 4.78 is 0. The average Bonchev–Trinajstić information content (AvgIpc) is 3.33. The van der Waals surface area contributed by atoms with Crippen LogP contribution in [-0.4, -0.2) is 22.6 Å². The van der Waals surface area contributed by atoms with Crippen molar-refractivity contribution in [1.82, 2.24) is 10.2 Å². The van der Waals surface area contributed by atoms with Gasteiger partial charge >= 0.3 is 0 Å². The van der Waals surface area contributed by atoms with Crippen LogP contribution < -0.4 is 5.32 Å². The standard InChI is InChI=1S/C22H18N2O3S/c1-14(19-8-5-11-28-19)23-20(25)16-9-10-17-18(12-16)22(27)24(21(17)26)13-15-6-3-2-4-7-15/h2-12,14H,13H2,1H3,(H,23,25). The Balaban J connectivity index is 1.54. The zero-order valence-electron chi connectivity index (χ0n) is 15.2. The van der Waals surface area contributed by atoms with E-state index in [-0.39, 0.29) is 35.9 Å². The highest BCUT2D eigenvalue weighted by atomic mass is 32.1. The number of nitrogens with one attached hydrogen (secondary N) is 1. The Morgan fingerprint density at radius 2 is 1.75 bits per heavy atom. The van der Waals surface area contributed by atoms with Crippen molar-refractivity contribution in [2.45, 2.75) is 19.5 Å². The van der Waals surface area contributed by atoms with Crippen LogP contribution in [0.2, 0.25) is 0 Å². The van der Waals surface area contributed by atoms with Gasteiger partial charge in [0.1, 0.15) is 0 Å². The van der Waals surface area contributed by atoms with E-state index in [1.807, 2.05) is 54.8 Å². The molecule has 1 unspecified atom stereocenters. The van der Waals surface area contributed by atoms with Crippen molar-refractivity contribution in [1.29, 1.82) is 0 Å². The fourth-order valence-corrected chi connectivity index (χ4v) is 3.96. The van der Waals surface area contributed by atoms with Crippen molar-refractivity contribution < 1.29 is 14.4 Å². The largest absolute Gasteiger partial charge is 0.345 e. The number of hydrogen-bond acceptors (Lipinski definition) is 4. The van der Waals surface area contributed by atoms with E-state index in [4.69, 9.17) is 0 Å². The molecule has 0 saturated carbocycles. The van der Waals surface area contributed by atoms with Crippen LogP contribution in [0.5, 0.6) is 0 Å². The molecular formula is C22H18N2O3S. The second-order valence-electron chi connectivity index (χ2n) is 6.65. The molecule has 3 aromatic rings. The Labute approximate surface area is 166 Å². The van der Waals surface area contributed by atoms with Gasteiger partial charge in [-0.15, -0.1) is 11.3 Å². The summed E-state index contributed by atoms with van der Waals surface area (Å²) >= 11 is 1.57. The third-order valence-corrected chi connectivity index (χ3v) is 5.79. The number of fused-ring (bicyclic) bond motifs is 1. The summed E-state index contributed by atoms with van der Waals surface area (Å²) in [6, 6.07) is 17.8. The van der Waals surface area contributed by atoms with Crippen LogP contribution in [0.4, 0.5) is 0 Å². The number of carbonyl (C=O) groups is 3. The Kier molecular flexibility index (Phi) is 4.79. The lowest BCUT2D eigenvalue weighted by Gasteiger charge is -2.13. The maximum atomic E-state index is 12.8. The first-order chi connectivity index (χ1) is 13.5. The molecule has 1 atom stereocenters. The number of carbonyl (C=O) groups excluding carboxylic acids is 3. The van der Waals surface area contributed by atoms with Crippen molar-refractivity contribution in [2.75, 3.05) is 0 Å². The van der Waals surface area contributed by atoms with Crippen LogP contribution in [-0.2, 0) is 6.54 Å². The van der Waals surface area contributed by atoms with E-state index in [9.17, 15) is 14.4 Å². The van der Waals surface area contributed by atoms with Gasteiger partial charge < -0.3 is 5.32 Å². The highest BCUT2D eigenvalue weighted by molar-refractivity contribution is 7.10. The predicted octanol–water partition coefficient (Wildman–Crippen LogP) is 4.04. The van der Waals surface area contributed by atoms with E-state index in [1.165, 1.54) is 11.0 Å². The molecule has 2 heterocycles. The third kappa shape index (κ3) is 3.34. The predicted molar refractivity (Wildman–Crippen MR) is 107 cm³/mol. The first-order valence-electron chi connectivity index (χ1n) is 8.93. The molecular weight excluding hydrogens is 372 g/mol. The van der Waals surface area contributed by atoms with Crippen molar-refractivity contribution >= 4 is 29.1 Å². The molecule has 0 radical (unpaired) electrons. The minimum absolute atomic E-state index is 0.132. The zero-order chi connectivity index (χ0) is 19.7.